The number of carboxylic acid groups (broad SMARTS) is 1. The summed E-state index contributed by atoms with van der Waals surface area (Å²) in [7, 11) is 1.49. The molecular formula is C27H26ClN3O6. The molecule has 0 bridgehead atoms. The molecule has 0 saturated carbocycles. The van der Waals surface area contributed by atoms with Crippen LogP contribution in [0, 0.1) is 0 Å². The number of carboxylic acids is 1. The second-order valence-corrected chi connectivity index (χ2v) is 8.86. The van der Waals surface area contributed by atoms with Crippen LogP contribution in [-0.4, -0.2) is 47.6 Å². The van der Waals surface area contributed by atoms with E-state index in [4.69, 9.17) is 26.3 Å². The lowest BCUT2D eigenvalue weighted by Crippen LogP contribution is -2.39. The maximum Gasteiger partial charge on any atom is 0.335 e. The average Bonchev–Trinajstić information content (AvgIpc) is 3.35. The molecule has 1 saturated heterocycles. The number of methoxy groups -OCH3 is 1. The molecule has 1 atom stereocenters. The number of halogens is 1. The highest BCUT2D eigenvalue weighted by Gasteiger charge is 2.32. The van der Waals surface area contributed by atoms with E-state index in [1.165, 1.54) is 19.2 Å². The van der Waals surface area contributed by atoms with Crippen molar-refractivity contribution in [2.24, 2.45) is 0 Å². The molecule has 1 aliphatic rings. The molecule has 0 spiro atoms. The highest BCUT2D eigenvalue weighted by atomic mass is 35.5. The Morgan fingerprint density at radius 2 is 1.76 bits per heavy atom. The highest BCUT2D eigenvalue weighted by Crippen LogP contribution is 2.28. The van der Waals surface area contributed by atoms with E-state index in [2.05, 4.69) is 10.6 Å². The summed E-state index contributed by atoms with van der Waals surface area (Å²) >= 11 is 6.09. The predicted octanol–water partition coefficient (Wildman–Crippen LogP) is 5.26. The van der Waals surface area contributed by atoms with Crippen molar-refractivity contribution in [1.82, 2.24) is 5.06 Å². The minimum atomic E-state index is -1.02. The standard InChI is InChI=1S/C27H26ClN3O6/c1-36-25-16-17(8-13-22(25)30-27(35)29-21-6-3-2-5-20(21)28)15-24(32)23-7-4-14-31(23)37-19-11-9-18(10-12-19)26(33)34/h2-3,5-6,8-13,16,23H,4,7,14-15H2,1H3,(H,33,34)(H2,29,30,35)/t23-/m0/s1. The minimum Gasteiger partial charge on any atom is -0.495 e. The maximum atomic E-state index is 13.1. The molecule has 3 N–H and O–H groups in total. The van der Waals surface area contributed by atoms with Crippen LogP contribution in [0.4, 0.5) is 16.2 Å². The number of Topliss-reactive ketones (excluding diaryl/α,β-unsaturated/α-hetero) is 1. The summed E-state index contributed by atoms with van der Waals surface area (Å²) in [5.74, 6) is -0.146. The van der Waals surface area contributed by atoms with Crippen molar-refractivity contribution < 1.29 is 29.1 Å². The van der Waals surface area contributed by atoms with E-state index in [-0.39, 0.29) is 17.8 Å². The fourth-order valence-corrected chi connectivity index (χ4v) is 4.25. The fourth-order valence-electron chi connectivity index (χ4n) is 4.07. The molecule has 4 rings (SSSR count). The molecule has 1 heterocycles. The molecule has 0 unspecified atom stereocenters. The lowest BCUT2D eigenvalue weighted by molar-refractivity contribution is -0.135. The van der Waals surface area contributed by atoms with Crippen LogP contribution >= 0.6 is 11.6 Å². The molecule has 37 heavy (non-hydrogen) atoms. The third kappa shape index (κ3) is 6.58. The second-order valence-electron chi connectivity index (χ2n) is 8.46. The number of para-hydroxylation sites is 1. The Kier molecular flexibility index (Phi) is 8.27. The van der Waals surface area contributed by atoms with Gasteiger partial charge in [-0.15, -0.1) is 5.06 Å². The Bertz CT molecular complexity index is 1300. The van der Waals surface area contributed by atoms with Crippen molar-refractivity contribution in [2.45, 2.75) is 25.3 Å². The molecule has 0 aliphatic carbocycles. The van der Waals surface area contributed by atoms with Gasteiger partial charge in [0, 0.05) is 13.0 Å². The number of nitrogens with zero attached hydrogens (tertiary/aromatic N) is 1. The Morgan fingerprint density at radius 1 is 1.03 bits per heavy atom. The molecule has 1 fully saturated rings. The Balaban J connectivity index is 1.38. The third-order valence-electron chi connectivity index (χ3n) is 5.91. The van der Waals surface area contributed by atoms with Crippen LogP contribution in [0.1, 0.15) is 28.8 Å². The van der Waals surface area contributed by atoms with Gasteiger partial charge in [-0.3, -0.25) is 4.79 Å². The molecule has 2 amide bonds. The zero-order valence-corrected chi connectivity index (χ0v) is 20.8. The van der Waals surface area contributed by atoms with E-state index in [1.54, 1.807) is 59.7 Å². The number of rotatable bonds is 9. The van der Waals surface area contributed by atoms with Crippen molar-refractivity contribution in [2.75, 3.05) is 24.3 Å². The number of ketones is 1. The third-order valence-corrected chi connectivity index (χ3v) is 6.24. The molecule has 0 radical (unpaired) electrons. The van der Waals surface area contributed by atoms with Gasteiger partial charge < -0.3 is 25.3 Å². The zero-order chi connectivity index (χ0) is 26.4. The van der Waals surface area contributed by atoms with Gasteiger partial charge >= 0.3 is 12.0 Å². The van der Waals surface area contributed by atoms with Gasteiger partial charge in [-0.1, -0.05) is 29.8 Å². The summed E-state index contributed by atoms with van der Waals surface area (Å²) in [4.78, 5) is 42.5. The summed E-state index contributed by atoms with van der Waals surface area (Å²) in [6.45, 7) is 0.587. The van der Waals surface area contributed by atoms with Crippen LogP contribution in [0.25, 0.3) is 0 Å². The van der Waals surface area contributed by atoms with Gasteiger partial charge in [-0.05, 0) is 66.9 Å². The lowest BCUT2D eigenvalue weighted by Gasteiger charge is -2.23. The van der Waals surface area contributed by atoms with Gasteiger partial charge in [-0.25, -0.2) is 9.59 Å². The van der Waals surface area contributed by atoms with Crippen LogP contribution in [0.5, 0.6) is 11.5 Å². The quantitative estimate of drug-likeness (QED) is 0.350. The summed E-state index contributed by atoms with van der Waals surface area (Å²) in [6, 6.07) is 17.2. The first-order chi connectivity index (χ1) is 17.8. The van der Waals surface area contributed by atoms with Crippen LogP contribution in [0.3, 0.4) is 0 Å². The van der Waals surface area contributed by atoms with Gasteiger partial charge in [0.1, 0.15) is 17.5 Å². The number of urea groups is 1. The van der Waals surface area contributed by atoms with E-state index in [9.17, 15) is 14.4 Å². The smallest absolute Gasteiger partial charge is 0.335 e. The maximum absolute atomic E-state index is 13.1. The van der Waals surface area contributed by atoms with Crippen LogP contribution in [0.2, 0.25) is 5.02 Å². The highest BCUT2D eigenvalue weighted by molar-refractivity contribution is 6.33. The SMILES string of the molecule is COc1cc(CC(=O)[C@@H]2CCCN2Oc2ccc(C(=O)O)cc2)ccc1NC(=O)Nc1ccccc1Cl. The number of nitrogens with one attached hydrogen (secondary N) is 2. The number of ether oxygens (including phenoxy) is 1. The average molecular weight is 524 g/mol. The van der Waals surface area contributed by atoms with Crippen LogP contribution in [-0.2, 0) is 11.2 Å². The Hall–Kier alpha value is -4.08. The zero-order valence-electron chi connectivity index (χ0n) is 20.1. The summed E-state index contributed by atoms with van der Waals surface area (Å²) < 4.78 is 5.44. The number of hydroxylamine groups is 2. The van der Waals surface area contributed by atoms with E-state index in [0.29, 0.717) is 40.9 Å². The number of aromatic carboxylic acids is 1. The topological polar surface area (TPSA) is 117 Å². The van der Waals surface area contributed by atoms with Crippen molar-refractivity contribution in [1.29, 1.82) is 0 Å². The van der Waals surface area contributed by atoms with Gasteiger partial charge in [0.05, 0.1) is 29.1 Å². The lowest BCUT2D eigenvalue weighted by atomic mass is 10.0. The summed E-state index contributed by atoms with van der Waals surface area (Å²) in [6.07, 6.45) is 1.62. The molecule has 0 aromatic heterocycles. The van der Waals surface area contributed by atoms with E-state index in [0.717, 1.165) is 12.0 Å². The van der Waals surface area contributed by atoms with Crippen molar-refractivity contribution in [3.63, 3.8) is 0 Å². The number of anilines is 2. The number of amides is 2. The first-order valence-corrected chi connectivity index (χ1v) is 12.0. The number of carbonyl (C=O) groups is 3. The number of benzene rings is 3. The number of carbonyl (C=O) groups excluding carboxylic acids is 2. The summed E-state index contributed by atoms with van der Waals surface area (Å²) in [5, 5.41) is 16.5. The van der Waals surface area contributed by atoms with Crippen molar-refractivity contribution in [3.8, 4) is 11.5 Å². The summed E-state index contributed by atoms with van der Waals surface area (Å²) in [5.41, 5.74) is 1.81. The first kappa shape index (κ1) is 26.0. The molecule has 9 nitrogen and oxygen atoms in total. The van der Waals surface area contributed by atoms with Gasteiger partial charge in [0.25, 0.3) is 0 Å². The Morgan fingerprint density at radius 3 is 2.46 bits per heavy atom. The molecule has 3 aromatic carbocycles. The van der Waals surface area contributed by atoms with E-state index in [1.807, 2.05) is 0 Å². The molecule has 192 valence electrons. The second kappa shape index (κ2) is 11.8. The number of hydrogen-bond acceptors (Lipinski definition) is 6. The van der Waals surface area contributed by atoms with Crippen molar-refractivity contribution >= 4 is 40.8 Å². The normalized spacial score (nSPS) is 15.1. The molecular weight excluding hydrogens is 498 g/mol. The van der Waals surface area contributed by atoms with Crippen LogP contribution in [0.15, 0.2) is 66.7 Å². The van der Waals surface area contributed by atoms with E-state index >= 15 is 0 Å². The first-order valence-electron chi connectivity index (χ1n) is 11.6. The van der Waals surface area contributed by atoms with Gasteiger partial charge in [0.2, 0.25) is 0 Å². The fraction of sp³-hybridized carbons (Fsp3) is 0.222. The number of hydrogen-bond donors (Lipinski definition) is 3. The van der Waals surface area contributed by atoms with Gasteiger partial charge in [0.15, 0.2) is 5.78 Å². The molecule has 1 aliphatic heterocycles. The van der Waals surface area contributed by atoms with Crippen molar-refractivity contribution in [3.05, 3.63) is 82.9 Å². The van der Waals surface area contributed by atoms with Gasteiger partial charge in [-0.2, -0.15) is 0 Å². The predicted molar refractivity (Wildman–Crippen MR) is 140 cm³/mol. The monoisotopic (exact) mass is 523 g/mol. The minimum absolute atomic E-state index is 0.0149. The Labute approximate surface area is 218 Å². The largest absolute Gasteiger partial charge is 0.495 e. The van der Waals surface area contributed by atoms with Crippen LogP contribution < -0.4 is 20.2 Å². The molecule has 3 aromatic rings. The molecule has 10 heteroatoms. The van der Waals surface area contributed by atoms with E-state index < -0.39 is 18.0 Å².